The number of likely N-dealkylation sites (tertiary alicyclic amines) is 1. The van der Waals surface area contributed by atoms with E-state index in [1.807, 2.05) is 4.90 Å². The highest BCUT2D eigenvalue weighted by Gasteiger charge is 2.45. The van der Waals surface area contributed by atoms with Gasteiger partial charge in [-0.1, -0.05) is 19.3 Å². The van der Waals surface area contributed by atoms with E-state index in [4.69, 9.17) is 16.2 Å². The fourth-order valence-corrected chi connectivity index (χ4v) is 8.38. The summed E-state index contributed by atoms with van der Waals surface area (Å²) in [5, 5.41) is 9.59. The van der Waals surface area contributed by atoms with Crippen LogP contribution in [0.2, 0.25) is 0 Å². The van der Waals surface area contributed by atoms with Crippen molar-refractivity contribution in [3.63, 3.8) is 0 Å². The molecule has 0 radical (unpaired) electrons. The van der Waals surface area contributed by atoms with Crippen molar-refractivity contribution in [1.29, 1.82) is 0 Å². The molecule has 4 aliphatic heterocycles. The van der Waals surface area contributed by atoms with E-state index in [0.29, 0.717) is 65.2 Å². The van der Waals surface area contributed by atoms with E-state index in [2.05, 4.69) is 20.9 Å². The molecule has 0 aromatic carbocycles. The van der Waals surface area contributed by atoms with Gasteiger partial charge in [0.05, 0.1) is 37.4 Å². The van der Waals surface area contributed by atoms with Crippen LogP contribution in [0.5, 0.6) is 0 Å². The highest BCUT2D eigenvalue weighted by molar-refractivity contribution is 5.80. The number of alkyl halides is 2. The third-order valence-corrected chi connectivity index (χ3v) is 10.7. The maximum Gasteiger partial charge on any atom is 0.227 e. The van der Waals surface area contributed by atoms with Gasteiger partial charge in [-0.05, 0) is 63.5 Å². The SMILES string of the molecule is NC(N)C(C(=O)NC1CNCC(F)C1N1CCC(C(=O)N2CCOCC2)CC1)C1CC2(CCCCC2)CCC(F)CN1. The molecule has 0 aromatic heterocycles. The van der Waals surface area contributed by atoms with Crippen molar-refractivity contribution in [2.24, 2.45) is 28.7 Å². The van der Waals surface area contributed by atoms with E-state index < -0.39 is 36.5 Å². The summed E-state index contributed by atoms with van der Waals surface area (Å²) >= 11 is 0. The molecule has 5 aliphatic rings. The van der Waals surface area contributed by atoms with Crippen molar-refractivity contribution in [2.45, 2.75) is 101 Å². The molecule has 10 nitrogen and oxygen atoms in total. The molecule has 5 fully saturated rings. The van der Waals surface area contributed by atoms with Gasteiger partial charge in [-0.25, -0.2) is 8.78 Å². The van der Waals surface area contributed by atoms with Gasteiger partial charge in [-0.2, -0.15) is 0 Å². The van der Waals surface area contributed by atoms with E-state index in [1.165, 1.54) is 6.42 Å². The molecule has 240 valence electrons. The number of amides is 2. The summed E-state index contributed by atoms with van der Waals surface area (Å²) in [4.78, 5) is 30.9. The molecule has 2 amide bonds. The first-order chi connectivity index (χ1) is 20.3. The lowest BCUT2D eigenvalue weighted by atomic mass is 9.65. The van der Waals surface area contributed by atoms with Crippen molar-refractivity contribution in [2.75, 3.05) is 59.0 Å². The summed E-state index contributed by atoms with van der Waals surface area (Å²) in [6, 6.07) is -1.32. The summed E-state index contributed by atoms with van der Waals surface area (Å²) in [6.45, 7) is 4.43. The maximum atomic E-state index is 15.5. The normalized spacial score (nSPS) is 34.5. The quantitative estimate of drug-likeness (QED) is 0.282. The zero-order valence-corrected chi connectivity index (χ0v) is 25.1. The van der Waals surface area contributed by atoms with Crippen molar-refractivity contribution < 1.29 is 23.1 Å². The highest BCUT2D eigenvalue weighted by Crippen LogP contribution is 2.46. The lowest BCUT2D eigenvalue weighted by molar-refractivity contribution is -0.141. The van der Waals surface area contributed by atoms with Gasteiger partial charge >= 0.3 is 0 Å². The Morgan fingerprint density at radius 3 is 2.33 bits per heavy atom. The second-order valence-corrected chi connectivity index (χ2v) is 13.5. The molecule has 1 spiro atoms. The Bertz CT molecular complexity index is 894. The number of rotatable bonds is 6. The molecule has 0 aromatic rings. The molecule has 7 N–H and O–H groups in total. The third kappa shape index (κ3) is 7.61. The van der Waals surface area contributed by atoms with E-state index in [-0.39, 0.29) is 42.3 Å². The predicted molar refractivity (Wildman–Crippen MR) is 157 cm³/mol. The smallest absolute Gasteiger partial charge is 0.227 e. The van der Waals surface area contributed by atoms with Crippen LogP contribution in [0.3, 0.4) is 0 Å². The minimum Gasteiger partial charge on any atom is -0.378 e. The fraction of sp³-hybridized carbons (Fsp3) is 0.933. The number of hydrogen-bond donors (Lipinski definition) is 5. The van der Waals surface area contributed by atoms with Gasteiger partial charge in [0, 0.05) is 44.7 Å². The predicted octanol–water partition coefficient (Wildman–Crippen LogP) is 0.642. The molecule has 42 heavy (non-hydrogen) atoms. The van der Waals surface area contributed by atoms with Gasteiger partial charge in [0.2, 0.25) is 11.8 Å². The topological polar surface area (TPSA) is 138 Å². The Morgan fingerprint density at radius 1 is 0.929 bits per heavy atom. The summed E-state index contributed by atoms with van der Waals surface area (Å²) in [7, 11) is 0. The number of carbonyl (C=O) groups is 2. The Kier molecular flexibility index (Phi) is 11.1. The van der Waals surface area contributed by atoms with Crippen molar-refractivity contribution >= 4 is 11.8 Å². The van der Waals surface area contributed by atoms with E-state index >= 15 is 4.39 Å². The van der Waals surface area contributed by atoms with Crippen molar-refractivity contribution in [1.82, 2.24) is 25.8 Å². The average Bonchev–Trinajstić information content (AvgIpc) is 2.99. The molecule has 5 rings (SSSR count). The van der Waals surface area contributed by atoms with Crippen molar-refractivity contribution in [3.8, 4) is 0 Å². The number of nitrogens with one attached hydrogen (secondary N) is 3. The lowest BCUT2D eigenvalue weighted by Crippen LogP contribution is -2.68. The lowest BCUT2D eigenvalue weighted by Gasteiger charge is -2.46. The van der Waals surface area contributed by atoms with Crippen LogP contribution in [0, 0.1) is 17.3 Å². The number of carbonyl (C=O) groups excluding carboxylic acids is 2. The largest absolute Gasteiger partial charge is 0.378 e. The summed E-state index contributed by atoms with van der Waals surface area (Å²) in [5.41, 5.74) is 12.5. The Morgan fingerprint density at radius 2 is 1.64 bits per heavy atom. The van der Waals surface area contributed by atoms with Gasteiger partial charge in [-0.15, -0.1) is 0 Å². The number of nitrogens with two attached hydrogens (primary N) is 2. The number of morpholine rings is 1. The molecule has 1 aliphatic carbocycles. The zero-order valence-electron chi connectivity index (χ0n) is 25.1. The molecule has 6 atom stereocenters. The zero-order chi connectivity index (χ0) is 29.7. The summed E-state index contributed by atoms with van der Waals surface area (Å²) in [6.07, 6.45) is 5.87. The van der Waals surface area contributed by atoms with E-state index in [0.717, 1.165) is 38.5 Å². The van der Waals surface area contributed by atoms with Gasteiger partial charge in [0.15, 0.2) is 0 Å². The van der Waals surface area contributed by atoms with Gasteiger partial charge in [0.25, 0.3) is 0 Å². The summed E-state index contributed by atoms with van der Waals surface area (Å²) in [5.74, 6) is -0.953. The standard InChI is InChI=1S/C30H53F2N7O3/c31-21-4-9-30(7-2-1-3-8-30)16-23(36-17-21)25(27(33)34)28(40)37-24-19-35-18-22(32)26(24)38-10-5-20(6-11-38)29(41)39-12-14-42-15-13-39/h20-27,35-36H,1-19,33-34H2,(H,37,40). The molecule has 12 heteroatoms. The van der Waals surface area contributed by atoms with Crippen LogP contribution in [-0.2, 0) is 14.3 Å². The molecular formula is C30H53F2N7O3. The number of piperidine rings is 2. The van der Waals surface area contributed by atoms with Crippen LogP contribution < -0.4 is 27.4 Å². The van der Waals surface area contributed by atoms with Crippen LogP contribution in [0.15, 0.2) is 0 Å². The molecule has 6 unspecified atom stereocenters. The number of ether oxygens (including phenoxy) is 1. The summed E-state index contributed by atoms with van der Waals surface area (Å²) < 4.78 is 35.7. The second kappa shape index (κ2) is 14.6. The number of hydrogen-bond acceptors (Lipinski definition) is 8. The van der Waals surface area contributed by atoms with E-state index in [9.17, 15) is 14.0 Å². The average molecular weight is 598 g/mol. The van der Waals surface area contributed by atoms with Crippen molar-refractivity contribution in [3.05, 3.63) is 0 Å². The van der Waals surface area contributed by atoms with Crippen LogP contribution in [-0.4, -0.2) is 117 Å². The molecule has 4 heterocycles. The van der Waals surface area contributed by atoms with Crippen LogP contribution >= 0.6 is 0 Å². The minimum atomic E-state index is -1.17. The molecular weight excluding hydrogens is 544 g/mol. The van der Waals surface area contributed by atoms with E-state index in [1.54, 1.807) is 0 Å². The van der Waals surface area contributed by atoms with Crippen LogP contribution in [0.1, 0.15) is 64.2 Å². The Labute approximate surface area is 249 Å². The first-order valence-electron chi connectivity index (χ1n) is 16.4. The highest BCUT2D eigenvalue weighted by atomic mass is 19.1. The van der Waals surface area contributed by atoms with Crippen LogP contribution in [0.4, 0.5) is 8.78 Å². The van der Waals surface area contributed by atoms with Gasteiger partial charge in [0.1, 0.15) is 12.3 Å². The first kappa shape index (κ1) is 32.0. The monoisotopic (exact) mass is 597 g/mol. The maximum absolute atomic E-state index is 15.5. The van der Waals surface area contributed by atoms with Gasteiger partial charge < -0.3 is 37.1 Å². The Balaban J connectivity index is 1.24. The number of halogens is 2. The second-order valence-electron chi connectivity index (χ2n) is 13.5. The third-order valence-electron chi connectivity index (χ3n) is 10.7. The van der Waals surface area contributed by atoms with Crippen LogP contribution in [0.25, 0.3) is 0 Å². The minimum absolute atomic E-state index is 0.00391. The van der Waals surface area contributed by atoms with Gasteiger partial charge in [-0.3, -0.25) is 14.5 Å². The Hall–Kier alpha value is -1.44. The number of nitrogens with zero attached hydrogens (tertiary/aromatic N) is 2. The molecule has 1 saturated carbocycles. The molecule has 0 bridgehead atoms. The first-order valence-corrected chi connectivity index (χ1v) is 16.4. The fourth-order valence-electron chi connectivity index (χ4n) is 8.38. The molecule has 4 saturated heterocycles.